The van der Waals surface area contributed by atoms with Gasteiger partial charge in [-0.25, -0.2) is 0 Å². The van der Waals surface area contributed by atoms with Crippen LogP contribution in [-0.4, -0.2) is 6.29 Å². The standard InChI is InChI=1S/C8H10O/c1-2-3-4-5-6-7-8-9/h1,6-8H,3-5H2/b7-6+. The normalized spacial score (nSPS) is 9.22. The highest BCUT2D eigenvalue weighted by molar-refractivity contribution is 5.64. The van der Waals surface area contributed by atoms with Crippen LogP contribution < -0.4 is 0 Å². The highest BCUT2D eigenvalue weighted by Crippen LogP contribution is 1.93. The van der Waals surface area contributed by atoms with Gasteiger partial charge < -0.3 is 0 Å². The van der Waals surface area contributed by atoms with Gasteiger partial charge in [0, 0.05) is 6.42 Å². The maximum atomic E-state index is 9.71. The van der Waals surface area contributed by atoms with Crippen molar-refractivity contribution in [1.29, 1.82) is 0 Å². The summed E-state index contributed by atoms with van der Waals surface area (Å²) in [6.07, 6.45) is 11.8. The van der Waals surface area contributed by atoms with Crippen molar-refractivity contribution in [2.24, 2.45) is 0 Å². The summed E-state index contributed by atoms with van der Waals surface area (Å²) in [4.78, 5) is 9.71. The van der Waals surface area contributed by atoms with Gasteiger partial charge in [-0.1, -0.05) is 6.08 Å². The lowest BCUT2D eigenvalue weighted by atomic mass is 10.2. The van der Waals surface area contributed by atoms with E-state index in [9.17, 15) is 4.79 Å². The minimum Gasteiger partial charge on any atom is -0.299 e. The molecule has 0 bridgehead atoms. The molecule has 0 spiro atoms. The summed E-state index contributed by atoms with van der Waals surface area (Å²) in [6, 6.07) is 0. The molecular formula is C8H10O. The second-order valence-electron chi connectivity index (χ2n) is 1.66. The van der Waals surface area contributed by atoms with E-state index >= 15 is 0 Å². The summed E-state index contributed by atoms with van der Waals surface area (Å²) < 4.78 is 0. The third-order valence-corrected chi connectivity index (χ3v) is 0.907. The van der Waals surface area contributed by atoms with Crippen molar-refractivity contribution in [2.45, 2.75) is 19.3 Å². The first-order chi connectivity index (χ1) is 4.41. The SMILES string of the molecule is C#CCCC/C=C/C=O. The molecule has 0 amide bonds. The average Bonchev–Trinajstić information content (AvgIpc) is 1.89. The van der Waals surface area contributed by atoms with Crippen molar-refractivity contribution in [1.82, 2.24) is 0 Å². The third kappa shape index (κ3) is 6.97. The van der Waals surface area contributed by atoms with E-state index in [2.05, 4.69) is 5.92 Å². The minimum absolute atomic E-state index is 0.774. The van der Waals surface area contributed by atoms with Crippen molar-refractivity contribution in [3.8, 4) is 12.3 Å². The minimum atomic E-state index is 0.774. The Morgan fingerprint density at radius 3 is 2.89 bits per heavy atom. The quantitative estimate of drug-likeness (QED) is 0.239. The van der Waals surface area contributed by atoms with Gasteiger partial charge in [0.05, 0.1) is 0 Å². The van der Waals surface area contributed by atoms with Crippen LogP contribution in [0.2, 0.25) is 0 Å². The lowest BCUT2D eigenvalue weighted by Crippen LogP contribution is -1.68. The van der Waals surface area contributed by atoms with Gasteiger partial charge in [0.25, 0.3) is 0 Å². The molecule has 0 aliphatic rings. The molecule has 0 aromatic carbocycles. The second-order valence-corrected chi connectivity index (χ2v) is 1.66. The summed E-state index contributed by atoms with van der Waals surface area (Å²) in [7, 11) is 0. The van der Waals surface area contributed by atoms with Gasteiger partial charge in [0.2, 0.25) is 0 Å². The third-order valence-electron chi connectivity index (χ3n) is 0.907. The Balaban J connectivity index is 3.01. The van der Waals surface area contributed by atoms with Crippen LogP contribution in [-0.2, 0) is 4.79 Å². The van der Waals surface area contributed by atoms with Crippen LogP contribution >= 0.6 is 0 Å². The largest absolute Gasteiger partial charge is 0.299 e. The molecule has 0 saturated carbocycles. The maximum absolute atomic E-state index is 9.71. The zero-order chi connectivity index (χ0) is 6.95. The van der Waals surface area contributed by atoms with Crippen molar-refractivity contribution in [2.75, 3.05) is 0 Å². The molecule has 0 aliphatic carbocycles. The van der Waals surface area contributed by atoms with Crippen molar-refractivity contribution >= 4 is 6.29 Å². The molecule has 0 fully saturated rings. The molecule has 0 N–H and O–H groups in total. The van der Waals surface area contributed by atoms with E-state index in [0.717, 1.165) is 25.5 Å². The van der Waals surface area contributed by atoms with Crippen LogP contribution in [0.3, 0.4) is 0 Å². The molecule has 0 aromatic rings. The number of carbonyl (C=O) groups is 1. The van der Waals surface area contributed by atoms with Crippen LogP contribution in [0.25, 0.3) is 0 Å². The predicted octanol–water partition coefficient (Wildman–Crippen LogP) is 1.54. The van der Waals surface area contributed by atoms with Crippen LogP contribution in [0.4, 0.5) is 0 Å². The number of aldehydes is 1. The molecule has 9 heavy (non-hydrogen) atoms. The molecule has 0 rings (SSSR count). The Labute approximate surface area is 55.8 Å². The van der Waals surface area contributed by atoms with E-state index in [-0.39, 0.29) is 0 Å². The Kier molecular flexibility index (Phi) is 6.17. The van der Waals surface area contributed by atoms with Gasteiger partial charge in [-0.2, -0.15) is 0 Å². The van der Waals surface area contributed by atoms with Gasteiger partial charge in [-0.05, 0) is 18.9 Å². The number of hydrogen-bond donors (Lipinski definition) is 0. The number of carbonyl (C=O) groups excluding carboxylic acids is 1. The Bertz CT molecular complexity index is 128. The summed E-state index contributed by atoms with van der Waals surface area (Å²) in [5.41, 5.74) is 0. The van der Waals surface area contributed by atoms with Crippen molar-refractivity contribution in [3.05, 3.63) is 12.2 Å². The molecule has 0 radical (unpaired) electrons. The number of unbranched alkanes of at least 4 members (excludes halogenated alkanes) is 2. The fourth-order valence-electron chi connectivity index (χ4n) is 0.474. The summed E-state index contributed by atoms with van der Waals surface area (Å²) in [6.45, 7) is 0. The van der Waals surface area contributed by atoms with Crippen LogP contribution in [0.5, 0.6) is 0 Å². The topological polar surface area (TPSA) is 17.1 Å². The van der Waals surface area contributed by atoms with Crippen molar-refractivity contribution < 1.29 is 4.79 Å². The molecule has 1 heteroatoms. The zero-order valence-electron chi connectivity index (χ0n) is 5.34. The van der Waals surface area contributed by atoms with Crippen LogP contribution in [0, 0.1) is 12.3 Å². The second kappa shape index (κ2) is 6.97. The molecule has 0 atom stereocenters. The first-order valence-corrected chi connectivity index (χ1v) is 2.95. The Morgan fingerprint density at radius 1 is 1.56 bits per heavy atom. The van der Waals surface area contributed by atoms with E-state index in [1.54, 1.807) is 0 Å². The highest BCUT2D eigenvalue weighted by atomic mass is 16.1. The Hall–Kier alpha value is -1.03. The fourth-order valence-corrected chi connectivity index (χ4v) is 0.474. The lowest BCUT2D eigenvalue weighted by Gasteiger charge is -1.83. The number of allylic oxidation sites excluding steroid dienone is 2. The van der Waals surface area contributed by atoms with E-state index in [4.69, 9.17) is 6.42 Å². The first kappa shape index (κ1) is 7.97. The summed E-state index contributed by atoms with van der Waals surface area (Å²) in [5.74, 6) is 2.52. The number of terminal acetylenes is 1. The molecule has 0 aromatic heterocycles. The Morgan fingerprint density at radius 2 is 2.33 bits per heavy atom. The van der Waals surface area contributed by atoms with E-state index in [0.29, 0.717) is 0 Å². The van der Waals surface area contributed by atoms with E-state index in [1.165, 1.54) is 6.08 Å². The maximum Gasteiger partial charge on any atom is 0.142 e. The van der Waals surface area contributed by atoms with Gasteiger partial charge in [0.15, 0.2) is 0 Å². The van der Waals surface area contributed by atoms with Gasteiger partial charge >= 0.3 is 0 Å². The first-order valence-electron chi connectivity index (χ1n) is 2.95. The summed E-state index contributed by atoms with van der Waals surface area (Å²) in [5, 5.41) is 0. The molecule has 1 nitrogen and oxygen atoms in total. The van der Waals surface area contributed by atoms with Crippen LogP contribution in [0.15, 0.2) is 12.2 Å². The van der Waals surface area contributed by atoms with E-state index in [1.807, 2.05) is 6.08 Å². The zero-order valence-corrected chi connectivity index (χ0v) is 5.34. The van der Waals surface area contributed by atoms with Gasteiger partial charge in [0.1, 0.15) is 6.29 Å². The average molecular weight is 122 g/mol. The van der Waals surface area contributed by atoms with Gasteiger partial charge in [-0.3, -0.25) is 4.79 Å². The molecule has 0 heterocycles. The number of hydrogen-bond acceptors (Lipinski definition) is 1. The fraction of sp³-hybridized carbons (Fsp3) is 0.375. The lowest BCUT2D eigenvalue weighted by molar-refractivity contribution is -0.104. The number of rotatable bonds is 4. The van der Waals surface area contributed by atoms with Crippen molar-refractivity contribution in [3.63, 3.8) is 0 Å². The predicted molar refractivity (Wildman–Crippen MR) is 37.9 cm³/mol. The van der Waals surface area contributed by atoms with Crippen LogP contribution in [0.1, 0.15) is 19.3 Å². The molecule has 0 unspecified atom stereocenters. The van der Waals surface area contributed by atoms with Gasteiger partial charge in [-0.15, -0.1) is 12.3 Å². The van der Waals surface area contributed by atoms with E-state index < -0.39 is 0 Å². The highest BCUT2D eigenvalue weighted by Gasteiger charge is 1.77. The summed E-state index contributed by atoms with van der Waals surface area (Å²) >= 11 is 0. The molecule has 0 saturated heterocycles. The molecule has 0 aliphatic heterocycles. The molecular weight excluding hydrogens is 112 g/mol. The smallest absolute Gasteiger partial charge is 0.142 e. The monoisotopic (exact) mass is 122 g/mol. The molecule has 48 valence electrons.